The van der Waals surface area contributed by atoms with Crippen molar-refractivity contribution < 1.29 is 9.53 Å². The van der Waals surface area contributed by atoms with Gasteiger partial charge in [0, 0.05) is 23.2 Å². The van der Waals surface area contributed by atoms with E-state index in [0.29, 0.717) is 22.4 Å². The molecule has 8 nitrogen and oxygen atoms in total. The number of carbonyl (C=O) groups excluding carboxylic acids is 1. The van der Waals surface area contributed by atoms with Crippen LogP contribution in [0.1, 0.15) is 35.6 Å². The molecular formula is C22H21BrN6O2S2. The van der Waals surface area contributed by atoms with E-state index in [1.807, 2.05) is 39.0 Å². The van der Waals surface area contributed by atoms with Crippen molar-refractivity contribution in [1.82, 2.24) is 25.1 Å². The predicted molar refractivity (Wildman–Crippen MR) is 137 cm³/mol. The zero-order valence-electron chi connectivity index (χ0n) is 18.2. The summed E-state index contributed by atoms with van der Waals surface area (Å²) >= 11 is 10.3. The van der Waals surface area contributed by atoms with Gasteiger partial charge in [-0.05, 0) is 84.0 Å². The minimum absolute atomic E-state index is 0.215. The fourth-order valence-electron chi connectivity index (χ4n) is 3.18. The molecule has 1 amide bonds. The van der Waals surface area contributed by atoms with E-state index < -0.39 is 0 Å². The molecule has 0 fully saturated rings. The van der Waals surface area contributed by atoms with Crippen LogP contribution in [0.15, 0.2) is 40.9 Å². The SMILES string of the molecule is CCOc1ccc(C(=O)NC(=S)Nc2ccc(-c3nn4c(CC)nnc4s3)cc2C)cc1Br. The van der Waals surface area contributed by atoms with E-state index >= 15 is 0 Å². The van der Waals surface area contributed by atoms with E-state index in [2.05, 4.69) is 41.9 Å². The molecule has 0 atom stereocenters. The second-order valence-electron chi connectivity index (χ2n) is 7.09. The molecular weight excluding hydrogens is 524 g/mol. The van der Waals surface area contributed by atoms with Crippen LogP contribution in [0.5, 0.6) is 5.75 Å². The number of ether oxygens (including phenoxy) is 1. The van der Waals surface area contributed by atoms with Gasteiger partial charge in [0.15, 0.2) is 10.9 Å². The Kier molecular flexibility index (Phi) is 7.01. The zero-order valence-corrected chi connectivity index (χ0v) is 21.4. The van der Waals surface area contributed by atoms with Gasteiger partial charge in [0.05, 0.1) is 11.1 Å². The molecule has 0 spiro atoms. The van der Waals surface area contributed by atoms with Gasteiger partial charge >= 0.3 is 0 Å². The number of thiocarbonyl (C=S) groups is 1. The van der Waals surface area contributed by atoms with Crippen molar-refractivity contribution in [3.63, 3.8) is 0 Å². The standard InChI is InChI=1S/C22H21BrN6O2S2/c1-4-18-26-27-22-29(18)28-20(33-22)14-6-8-16(12(3)10-14)24-21(32)25-19(30)13-7-9-17(31-5-2)15(23)11-13/h6-11H,4-5H2,1-3H3,(H2,24,25,30,32). The lowest BCUT2D eigenvalue weighted by Crippen LogP contribution is -2.34. The average molecular weight is 545 g/mol. The smallest absolute Gasteiger partial charge is 0.257 e. The van der Waals surface area contributed by atoms with Crippen LogP contribution in [0.25, 0.3) is 15.5 Å². The Morgan fingerprint density at radius 1 is 1.21 bits per heavy atom. The maximum atomic E-state index is 12.6. The molecule has 0 bridgehead atoms. The monoisotopic (exact) mass is 544 g/mol. The third-order valence-corrected chi connectivity index (χ3v) is 6.59. The van der Waals surface area contributed by atoms with E-state index in [1.54, 1.807) is 22.7 Å². The molecule has 0 saturated carbocycles. The number of aromatic nitrogens is 4. The van der Waals surface area contributed by atoms with E-state index in [-0.39, 0.29) is 11.0 Å². The Hall–Kier alpha value is -2.89. The number of hydrogen-bond donors (Lipinski definition) is 2. The molecule has 0 radical (unpaired) electrons. The Morgan fingerprint density at radius 3 is 2.73 bits per heavy atom. The van der Waals surface area contributed by atoms with Crippen LogP contribution in [-0.2, 0) is 6.42 Å². The zero-order chi connectivity index (χ0) is 23.5. The van der Waals surface area contributed by atoms with Crippen molar-refractivity contribution in [3.8, 4) is 16.3 Å². The van der Waals surface area contributed by atoms with Gasteiger partial charge in [0.2, 0.25) is 4.96 Å². The summed E-state index contributed by atoms with van der Waals surface area (Å²) in [6, 6.07) is 11.0. The summed E-state index contributed by atoms with van der Waals surface area (Å²) in [5, 5.41) is 19.8. The molecule has 4 aromatic rings. The number of halogens is 1. The van der Waals surface area contributed by atoms with Gasteiger partial charge in [-0.2, -0.15) is 9.61 Å². The lowest BCUT2D eigenvalue weighted by molar-refractivity contribution is 0.0977. The second-order valence-corrected chi connectivity index (χ2v) is 9.31. The first-order chi connectivity index (χ1) is 15.9. The summed E-state index contributed by atoms with van der Waals surface area (Å²) in [6.45, 7) is 6.44. The molecule has 2 aromatic carbocycles. The van der Waals surface area contributed by atoms with Gasteiger partial charge in [-0.1, -0.05) is 18.3 Å². The summed E-state index contributed by atoms with van der Waals surface area (Å²) in [7, 11) is 0. The van der Waals surface area contributed by atoms with Gasteiger partial charge in [0.25, 0.3) is 5.91 Å². The van der Waals surface area contributed by atoms with Crippen molar-refractivity contribution >= 4 is 61.2 Å². The minimum atomic E-state index is -0.308. The van der Waals surface area contributed by atoms with E-state index in [4.69, 9.17) is 17.0 Å². The van der Waals surface area contributed by atoms with Crippen LogP contribution in [-0.4, -0.2) is 37.4 Å². The largest absolute Gasteiger partial charge is 0.493 e. The highest BCUT2D eigenvalue weighted by Crippen LogP contribution is 2.29. The molecule has 0 aliphatic heterocycles. The molecule has 11 heteroatoms. The number of hydrogen-bond acceptors (Lipinski definition) is 7. The highest BCUT2D eigenvalue weighted by atomic mass is 79.9. The third-order valence-electron chi connectivity index (χ3n) is 4.81. The number of anilines is 1. The fourth-order valence-corrected chi connectivity index (χ4v) is 4.73. The lowest BCUT2D eigenvalue weighted by atomic mass is 10.1. The molecule has 4 rings (SSSR count). The van der Waals surface area contributed by atoms with Crippen molar-refractivity contribution in [3.05, 3.63) is 57.8 Å². The maximum Gasteiger partial charge on any atom is 0.257 e. The molecule has 170 valence electrons. The van der Waals surface area contributed by atoms with E-state index in [0.717, 1.165) is 39.0 Å². The van der Waals surface area contributed by atoms with Crippen molar-refractivity contribution in [2.75, 3.05) is 11.9 Å². The molecule has 0 aliphatic rings. The quantitative estimate of drug-likeness (QED) is 0.329. The highest BCUT2D eigenvalue weighted by molar-refractivity contribution is 9.10. The number of fused-ring (bicyclic) bond motifs is 1. The van der Waals surface area contributed by atoms with Gasteiger partial charge in [-0.25, -0.2) is 0 Å². The van der Waals surface area contributed by atoms with Crippen LogP contribution < -0.4 is 15.4 Å². The summed E-state index contributed by atoms with van der Waals surface area (Å²) in [6.07, 6.45) is 0.767. The Bertz CT molecular complexity index is 1350. The lowest BCUT2D eigenvalue weighted by Gasteiger charge is -2.13. The van der Waals surface area contributed by atoms with Crippen LogP contribution in [0.3, 0.4) is 0 Å². The van der Waals surface area contributed by atoms with E-state index in [9.17, 15) is 4.79 Å². The molecule has 0 saturated heterocycles. The van der Waals surface area contributed by atoms with Gasteiger partial charge in [-0.3, -0.25) is 10.1 Å². The first kappa shape index (κ1) is 23.3. The molecule has 0 aliphatic carbocycles. The average Bonchev–Trinajstić information content (AvgIpc) is 3.37. The predicted octanol–water partition coefficient (Wildman–Crippen LogP) is 5.01. The molecule has 2 aromatic heterocycles. The van der Waals surface area contributed by atoms with Crippen LogP contribution in [0.4, 0.5) is 5.69 Å². The Balaban J connectivity index is 1.44. The number of nitrogens with zero attached hydrogens (tertiary/aromatic N) is 4. The van der Waals surface area contributed by atoms with Crippen molar-refractivity contribution in [1.29, 1.82) is 0 Å². The Morgan fingerprint density at radius 2 is 2.03 bits per heavy atom. The first-order valence-electron chi connectivity index (χ1n) is 10.3. The topological polar surface area (TPSA) is 93.4 Å². The van der Waals surface area contributed by atoms with E-state index in [1.165, 1.54) is 11.3 Å². The second kappa shape index (κ2) is 9.94. The maximum absolute atomic E-state index is 12.6. The van der Waals surface area contributed by atoms with Crippen LogP contribution in [0.2, 0.25) is 0 Å². The van der Waals surface area contributed by atoms with Crippen LogP contribution in [0, 0.1) is 6.92 Å². The Labute approximate surface area is 208 Å². The normalized spacial score (nSPS) is 10.9. The van der Waals surface area contributed by atoms with Gasteiger partial charge in [-0.15, -0.1) is 10.2 Å². The number of nitrogens with one attached hydrogen (secondary N) is 2. The number of aryl methyl sites for hydroxylation is 2. The van der Waals surface area contributed by atoms with Gasteiger partial charge < -0.3 is 10.1 Å². The summed E-state index contributed by atoms with van der Waals surface area (Å²) in [5.74, 6) is 1.21. The van der Waals surface area contributed by atoms with Gasteiger partial charge in [0.1, 0.15) is 10.8 Å². The van der Waals surface area contributed by atoms with Crippen molar-refractivity contribution in [2.24, 2.45) is 0 Å². The third kappa shape index (κ3) is 5.05. The number of benzene rings is 2. The summed E-state index contributed by atoms with van der Waals surface area (Å²) in [4.78, 5) is 13.4. The number of amides is 1. The summed E-state index contributed by atoms with van der Waals surface area (Å²) in [5.41, 5.74) is 3.21. The van der Waals surface area contributed by atoms with Crippen molar-refractivity contribution in [2.45, 2.75) is 27.2 Å². The molecule has 33 heavy (non-hydrogen) atoms. The number of rotatable bonds is 6. The first-order valence-corrected chi connectivity index (χ1v) is 12.3. The fraction of sp³-hybridized carbons (Fsp3) is 0.227. The van der Waals surface area contributed by atoms with Crippen LogP contribution >= 0.6 is 39.5 Å². The molecule has 2 heterocycles. The minimum Gasteiger partial charge on any atom is -0.493 e. The highest BCUT2D eigenvalue weighted by Gasteiger charge is 2.14. The molecule has 2 N–H and O–H groups in total. The molecule has 0 unspecified atom stereocenters. The summed E-state index contributed by atoms with van der Waals surface area (Å²) < 4.78 is 7.97. The number of carbonyl (C=O) groups is 1.